The van der Waals surface area contributed by atoms with Crippen LogP contribution in [0.5, 0.6) is 5.75 Å². The van der Waals surface area contributed by atoms with Gasteiger partial charge in [-0.1, -0.05) is 36.4 Å². The second-order valence-electron chi connectivity index (χ2n) is 8.59. The van der Waals surface area contributed by atoms with Crippen molar-refractivity contribution in [2.45, 2.75) is 25.9 Å². The topological polar surface area (TPSA) is 36.0 Å². The molecule has 0 radical (unpaired) electrons. The molecule has 3 aromatic rings. The largest absolute Gasteiger partial charge is 0.497 e. The SMILES string of the molecule is COc1ccc(CN(CC(=O)N2CCN(c3ccccc3)CC2)C(C)Cc2cccs2)cc1. The van der Waals surface area contributed by atoms with Gasteiger partial charge in [0.25, 0.3) is 0 Å². The molecule has 0 spiro atoms. The van der Waals surface area contributed by atoms with E-state index >= 15 is 0 Å². The highest BCUT2D eigenvalue weighted by Gasteiger charge is 2.25. The van der Waals surface area contributed by atoms with E-state index in [0.29, 0.717) is 6.54 Å². The number of carbonyl (C=O) groups is 1. The number of rotatable bonds is 9. The molecule has 33 heavy (non-hydrogen) atoms. The molecule has 0 N–H and O–H groups in total. The highest BCUT2D eigenvalue weighted by Crippen LogP contribution is 2.20. The van der Waals surface area contributed by atoms with Crippen molar-refractivity contribution in [1.82, 2.24) is 9.80 Å². The zero-order valence-corrected chi connectivity index (χ0v) is 20.3. The van der Waals surface area contributed by atoms with Gasteiger partial charge in [-0.05, 0) is 54.6 Å². The number of hydrogen-bond donors (Lipinski definition) is 0. The smallest absolute Gasteiger partial charge is 0.236 e. The predicted molar refractivity (Wildman–Crippen MR) is 136 cm³/mol. The van der Waals surface area contributed by atoms with E-state index in [4.69, 9.17) is 4.74 Å². The highest BCUT2D eigenvalue weighted by atomic mass is 32.1. The first-order valence-corrected chi connectivity index (χ1v) is 12.5. The van der Waals surface area contributed by atoms with Gasteiger partial charge in [0.1, 0.15) is 5.75 Å². The second kappa shape index (κ2) is 11.3. The summed E-state index contributed by atoms with van der Waals surface area (Å²) in [5.74, 6) is 1.07. The zero-order valence-electron chi connectivity index (χ0n) is 19.5. The van der Waals surface area contributed by atoms with Gasteiger partial charge in [-0.3, -0.25) is 9.69 Å². The molecule has 0 aliphatic carbocycles. The summed E-state index contributed by atoms with van der Waals surface area (Å²) in [6, 6.07) is 23.1. The average molecular weight is 464 g/mol. The molecule has 2 heterocycles. The Labute approximate surface area is 201 Å². The molecular formula is C27H33N3O2S. The molecule has 0 saturated carbocycles. The van der Waals surface area contributed by atoms with Crippen LogP contribution in [0.4, 0.5) is 5.69 Å². The zero-order chi connectivity index (χ0) is 23.0. The van der Waals surface area contributed by atoms with E-state index in [-0.39, 0.29) is 11.9 Å². The Morgan fingerprint density at radius 2 is 1.73 bits per heavy atom. The summed E-state index contributed by atoms with van der Waals surface area (Å²) in [6.07, 6.45) is 0.947. The van der Waals surface area contributed by atoms with Gasteiger partial charge >= 0.3 is 0 Å². The van der Waals surface area contributed by atoms with Gasteiger partial charge in [-0.15, -0.1) is 11.3 Å². The van der Waals surface area contributed by atoms with E-state index < -0.39 is 0 Å². The third kappa shape index (κ3) is 6.36. The van der Waals surface area contributed by atoms with Crippen LogP contribution in [0.25, 0.3) is 0 Å². The molecule has 174 valence electrons. The van der Waals surface area contributed by atoms with Crippen molar-refractivity contribution in [2.24, 2.45) is 0 Å². The van der Waals surface area contributed by atoms with E-state index in [1.807, 2.05) is 23.1 Å². The second-order valence-corrected chi connectivity index (χ2v) is 9.62. The first-order chi connectivity index (χ1) is 16.1. The molecule has 5 nitrogen and oxygen atoms in total. The summed E-state index contributed by atoms with van der Waals surface area (Å²) in [7, 11) is 1.68. The van der Waals surface area contributed by atoms with Crippen LogP contribution in [0.15, 0.2) is 72.1 Å². The van der Waals surface area contributed by atoms with Gasteiger partial charge in [-0.25, -0.2) is 0 Å². The van der Waals surface area contributed by atoms with Crippen LogP contribution in [-0.4, -0.2) is 61.6 Å². The lowest BCUT2D eigenvalue weighted by Crippen LogP contribution is -2.52. The number of amides is 1. The standard InChI is InChI=1S/C27H33N3O2S/c1-22(19-26-9-6-18-33-26)30(20-23-10-12-25(32-2)13-11-23)21-27(31)29-16-14-28(15-17-29)24-7-4-3-5-8-24/h3-13,18,22H,14-17,19-21H2,1-2H3. The number of nitrogens with zero attached hydrogens (tertiary/aromatic N) is 3. The van der Waals surface area contributed by atoms with Gasteiger partial charge in [0.15, 0.2) is 0 Å². The average Bonchev–Trinajstić information content (AvgIpc) is 3.37. The lowest BCUT2D eigenvalue weighted by molar-refractivity contribution is -0.133. The first kappa shape index (κ1) is 23.3. The van der Waals surface area contributed by atoms with E-state index in [9.17, 15) is 4.79 Å². The van der Waals surface area contributed by atoms with E-state index in [2.05, 4.69) is 70.6 Å². The fourth-order valence-corrected chi connectivity index (χ4v) is 5.14. The maximum absolute atomic E-state index is 13.3. The summed E-state index contributed by atoms with van der Waals surface area (Å²) < 4.78 is 5.30. The lowest BCUT2D eigenvalue weighted by atomic mass is 10.1. The van der Waals surface area contributed by atoms with Crippen LogP contribution in [0.3, 0.4) is 0 Å². The molecule has 2 aromatic carbocycles. The molecule has 1 aliphatic heterocycles. The Kier molecular flexibility index (Phi) is 8.02. The van der Waals surface area contributed by atoms with Gasteiger partial charge < -0.3 is 14.5 Å². The molecule has 1 atom stereocenters. The normalized spacial score (nSPS) is 15.0. The number of thiophene rings is 1. The third-order valence-electron chi connectivity index (χ3n) is 6.34. The summed E-state index contributed by atoms with van der Waals surface area (Å²) in [6.45, 7) is 6.69. The van der Waals surface area contributed by atoms with Crippen molar-refractivity contribution in [1.29, 1.82) is 0 Å². The Hall–Kier alpha value is -2.83. The van der Waals surface area contributed by atoms with Crippen molar-refractivity contribution < 1.29 is 9.53 Å². The number of hydrogen-bond acceptors (Lipinski definition) is 5. The Balaban J connectivity index is 1.39. The van der Waals surface area contributed by atoms with E-state index in [0.717, 1.165) is 44.9 Å². The number of piperazine rings is 1. The predicted octanol–water partition coefficient (Wildman–Crippen LogP) is 4.54. The molecule has 1 unspecified atom stereocenters. The molecule has 4 rings (SSSR count). The van der Waals surface area contributed by atoms with Crippen molar-refractivity contribution in [2.75, 3.05) is 44.7 Å². The van der Waals surface area contributed by atoms with Gasteiger partial charge in [0.05, 0.1) is 13.7 Å². The monoisotopic (exact) mass is 463 g/mol. The highest BCUT2D eigenvalue weighted by molar-refractivity contribution is 7.09. The van der Waals surface area contributed by atoms with Crippen LogP contribution >= 0.6 is 11.3 Å². The molecule has 6 heteroatoms. The number of para-hydroxylation sites is 1. The number of benzene rings is 2. The Morgan fingerprint density at radius 1 is 1.00 bits per heavy atom. The molecule has 1 saturated heterocycles. The maximum Gasteiger partial charge on any atom is 0.236 e. The summed E-state index contributed by atoms with van der Waals surface area (Å²) in [5, 5.41) is 2.12. The summed E-state index contributed by atoms with van der Waals surface area (Å²) in [5.41, 5.74) is 2.42. The van der Waals surface area contributed by atoms with Crippen molar-refractivity contribution in [3.8, 4) is 5.75 Å². The minimum Gasteiger partial charge on any atom is -0.497 e. The third-order valence-corrected chi connectivity index (χ3v) is 7.24. The van der Waals surface area contributed by atoms with Gasteiger partial charge in [0, 0.05) is 49.3 Å². The Morgan fingerprint density at radius 3 is 2.36 bits per heavy atom. The lowest BCUT2D eigenvalue weighted by Gasteiger charge is -2.38. The van der Waals surface area contributed by atoms with E-state index in [1.165, 1.54) is 16.1 Å². The molecule has 1 fully saturated rings. The van der Waals surface area contributed by atoms with Crippen LogP contribution in [0, 0.1) is 0 Å². The Bertz CT molecular complexity index is 984. The van der Waals surface area contributed by atoms with Crippen LogP contribution in [0.1, 0.15) is 17.4 Å². The van der Waals surface area contributed by atoms with Crippen molar-refractivity contribution in [3.63, 3.8) is 0 Å². The number of carbonyl (C=O) groups excluding carboxylic acids is 1. The molecule has 1 amide bonds. The fraction of sp³-hybridized carbons (Fsp3) is 0.370. The molecule has 0 bridgehead atoms. The van der Waals surface area contributed by atoms with Crippen LogP contribution in [0.2, 0.25) is 0 Å². The molecule has 1 aliphatic rings. The van der Waals surface area contributed by atoms with Crippen LogP contribution in [-0.2, 0) is 17.8 Å². The number of anilines is 1. The maximum atomic E-state index is 13.3. The minimum absolute atomic E-state index is 0.217. The van der Waals surface area contributed by atoms with Gasteiger partial charge in [0.2, 0.25) is 5.91 Å². The molecular weight excluding hydrogens is 430 g/mol. The first-order valence-electron chi connectivity index (χ1n) is 11.6. The number of methoxy groups -OCH3 is 1. The van der Waals surface area contributed by atoms with Crippen LogP contribution < -0.4 is 9.64 Å². The van der Waals surface area contributed by atoms with Crippen molar-refractivity contribution >= 4 is 22.9 Å². The van der Waals surface area contributed by atoms with Crippen molar-refractivity contribution in [3.05, 3.63) is 82.6 Å². The summed E-state index contributed by atoms with van der Waals surface area (Å²) in [4.78, 5) is 21.3. The summed E-state index contributed by atoms with van der Waals surface area (Å²) >= 11 is 1.78. The number of ether oxygens (including phenoxy) is 1. The molecule has 1 aromatic heterocycles. The van der Waals surface area contributed by atoms with Gasteiger partial charge in [-0.2, -0.15) is 0 Å². The van der Waals surface area contributed by atoms with E-state index in [1.54, 1.807) is 18.4 Å². The fourth-order valence-electron chi connectivity index (χ4n) is 4.31. The minimum atomic E-state index is 0.217. The quantitative estimate of drug-likeness (QED) is 0.467.